The Hall–Kier alpha value is -1.92. The van der Waals surface area contributed by atoms with E-state index in [1.54, 1.807) is 6.92 Å². The maximum absolute atomic E-state index is 12.2. The molecule has 112 valence electrons. The van der Waals surface area contributed by atoms with E-state index in [0.717, 1.165) is 5.01 Å². The van der Waals surface area contributed by atoms with Gasteiger partial charge in [-0.3, -0.25) is 14.4 Å². The first-order valence-corrected chi connectivity index (χ1v) is 6.54. The predicted molar refractivity (Wildman–Crippen MR) is 73.1 cm³/mol. The monoisotopic (exact) mass is 283 g/mol. The van der Waals surface area contributed by atoms with E-state index >= 15 is 0 Å². The van der Waals surface area contributed by atoms with Gasteiger partial charge in [0, 0.05) is 19.9 Å². The molecule has 2 amide bonds. The van der Waals surface area contributed by atoms with E-state index in [1.165, 1.54) is 7.05 Å². The van der Waals surface area contributed by atoms with Crippen LogP contribution in [0.1, 0.15) is 40.0 Å². The second-order valence-corrected chi connectivity index (χ2v) is 5.56. The van der Waals surface area contributed by atoms with Crippen molar-refractivity contribution in [2.45, 2.75) is 45.6 Å². The summed E-state index contributed by atoms with van der Waals surface area (Å²) in [6.07, 6.45) is 0.342. The SMILES string of the molecule is CC(C)C(C)(CC(=O)O)NC(=O)C1=NN(C)C(=O)CC1. The first kappa shape index (κ1) is 16.1. The van der Waals surface area contributed by atoms with Crippen LogP contribution in [0.4, 0.5) is 0 Å². The highest BCUT2D eigenvalue weighted by Gasteiger charge is 2.34. The molecule has 7 heteroatoms. The van der Waals surface area contributed by atoms with Gasteiger partial charge in [0.1, 0.15) is 5.71 Å². The van der Waals surface area contributed by atoms with Gasteiger partial charge < -0.3 is 10.4 Å². The van der Waals surface area contributed by atoms with E-state index < -0.39 is 17.4 Å². The van der Waals surface area contributed by atoms with E-state index in [4.69, 9.17) is 5.11 Å². The fourth-order valence-electron chi connectivity index (χ4n) is 1.87. The maximum atomic E-state index is 12.2. The first-order chi connectivity index (χ1) is 9.15. The molecule has 0 bridgehead atoms. The van der Waals surface area contributed by atoms with Crippen LogP contribution in [0.2, 0.25) is 0 Å². The van der Waals surface area contributed by atoms with Gasteiger partial charge in [0.2, 0.25) is 5.91 Å². The maximum Gasteiger partial charge on any atom is 0.305 e. The molecule has 7 nitrogen and oxygen atoms in total. The molecule has 0 saturated heterocycles. The van der Waals surface area contributed by atoms with Crippen molar-refractivity contribution in [2.75, 3.05) is 7.05 Å². The van der Waals surface area contributed by atoms with E-state index in [1.807, 2.05) is 13.8 Å². The second kappa shape index (κ2) is 6.02. The van der Waals surface area contributed by atoms with Gasteiger partial charge in [0.05, 0.1) is 12.0 Å². The number of hydrazone groups is 1. The Bertz CT molecular complexity index is 459. The van der Waals surface area contributed by atoms with Crippen LogP contribution in [0.3, 0.4) is 0 Å². The van der Waals surface area contributed by atoms with Crippen LogP contribution in [-0.2, 0) is 14.4 Å². The second-order valence-electron chi connectivity index (χ2n) is 5.56. The lowest BCUT2D eigenvalue weighted by Gasteiger charge is -2.34. The van der Waals surface area contributed by atoms with E-state index in [9.17, 15) is 14.4 Å². The molecule has 0 aromatic heterocycles. The summed E-state index contributed by atoms with van der Waals surface area (Å²) in [4.78, 5) is 34.4. The molecular weight excluding hydrogens is 262 g/mol. The quantitative estimate of drug-likeness (QED) is 0.771. The molecule has 20 heavy (non-hydrogen) atoms. The van der Waals surface area contributed by atoms with Crippen molar-refractivity contribution in [1.82, 2.24) is 10.3 Å². The molecule has 0 aromatic carbocycles. The molecule has 0 aromatic rings. The topological polar surface area (TPSA) is 99.1 Å². The van der Waals surface area contributed by atoms with Crippen LogP contribution in [0.5, 0.6) is 0 Å². The number of hydrogen-bond acceptors (Lipinski definition) is 4. The van der Waals surface area contributed by atoms with Crippen LogP contribution < -0.4 is 5.32 Å². The van der Waals surface area contributed by atoms with Gasteiger partial charge in [-0.15, -0.1) is 0 Å². The Balaban J connectivity index is 2.84. The van der Waals surface area contributed by atoms with Crippen molar-refractivity contribution in [3.8, 4) is 0 Å². The Morgan fingerprint density at radius 1 is 1.45 bits per heavy atom. The van der Waals surface area contributed by atoms with Crippen molar-refractivity contribution in [2.24, 2.45) is 11.0 Å². The molecule has 0 spiro atoms. The third-order valence-corrected chi connectivity index (χ3v) is 3.66. The zero-order chi connectivity index (χ0) is 15.5. The smallest absolute Gasteiger partial charge is 0.305 e. The highest BCUT2D eigenvalue weighted by molar-refractivity contribution is 6.39. The number of hydrogen-bond donors (Lipinski definition) is 2. The largest absolute Gasteiger partial charge is 0.481 e. The minimum atomic E-state index is -0.973. The van der Waals surface area contributed by atoms with Crippen molar-refractivity contribution >= 4 is 23.5 Å². The first-order valence-electron chi connectivity index (χ1n) is 6.54. The van der Waals surface area contributed by atoms with Crippen molar-refractivity contribution in [3.05, 3.63) is 0 Å². The van der Waals surface area contributed by atoms with Gasteiger partial charge in [0.25, 0.3) is 5.91 Å². The zero-order valence-corrected chi connectivity index (χ0v) is 12.3. The number of rotatable bonds is 5. The normalized spacial score (nSPS) is 18.6. The molecule has 1 rings (SSSR count). The number of amides is 2. The lowest BCUT2D eigenvalue weighted by Crippen LogP contribution is -2.54. The molecule has 1 aliphatic rings. The zero-order valence-electron chi connectivity index (χ0n) is 12.3. The molecule has 1 heterocycles. The summed E-state index contributed by atoms with van der Waals surface area (Å²) in [6, 6.07) is 0. The van der Waals surface area contributed by atoms with Crippen LogP contribution >= 0.6 is 0 Å². The fraction of sp³-hybridized carbons (Fsp3) is 0.692. The number of aliphatic carboxylic acids is 1. The van der Waals surface area contributed by atoms with Gasteiger partial charge in [-0.25, -0.2) is 5.01 Å². The number of carbonyl (C=O) groups excluding carboxylic acids is 2. The van der Waals surface area contributed by atoms with Gasteiger partial charge in [-0.2, -0.15) is 5.10 Å². The summed E-state index contributed by atoms with van der Waals surface area (Å²) >= 11 is 0. The highest BCUT2D eigenvalue weighted by Crippen LogP contribution is 2.21. The van der Waals surface area contributed by atoms with Crippen molar-refractivity contribution < 1.29 is 19.5 Å². The third-order valence-electron chi connectivity index (χ3n) is 3.66. The van der Waals surface area contributed by atoms with Crippen LogP contribution in [0.15, 0.2) is 5.10 Å². The molecule has 0 fully saturated rings. The Labute approximate surface area is 118 Å². The van der Waals surface area contributed by atoms with E-state index in [0.29, 0.717) is 0 Å². The molecule has 1 unspecified atom stereocenters. The average Bonchev–Trinajstić information content (AvgIpc) is 2.31. The fourth-order valence-corrected chi connectivity index (χ4v) is 1.87. The van der Waals surface area contributed by atoms with E-state index in [-0.39, 0.29) is 36.8 Å². The van der Waals surface area contributed by atoms with Gasteiger partial charge in [-0.05, 0) is 12.8 Å². The minimum Gasteiger partial charge on any atom is -0.481 e. The molecule has 0 aliphatic carbocycles. The van der Waals surface area contributed by atoms with Crippen molar-refractivity contribution in [1.29, 1.82) is 0 Å². The lowest BCUT2D eigenvalue weighted by atomic mass is 9.85. The van der Waals surface area contributed by atoms with Gasteiger partial charge >= 0.3 is 5.97 Å². The van der Waals surface area contributed by atoms with Crippen LogP contribution in [0.25, 0.3) is 0 Å². The summed E-state index contributed by atoms with van der Waals surface area (Å²) in [7, 11) is 1.49. The number of nitrogens with one attached hydrogen (secondary N) is 1. The molecule has 1 atom stereocenters. The third kappa shape index (κ3) is 3.79. The van der Waals surface area contributed by atoms with Gasteiger partial charge in [0.15, 0.2) is 0 Å². The van der Waals surface area contributed by atoms with E-state index in [2.05, 4.69) is 10.4 Å². The number of nitrogens with zero attached hydrogens (tertiary/aromatic N) is 2. The Kier molecular flexibility index (Phi) is 4.86. The average molecular weight is 283 g/mol. The summed E-state index contributed by atoms with van der Waals surface area (Å²) < 4.78 is 0. The van der Waals surface area contributed by atoms with Crippen molar-refractivity contribution in [3.63, 3.8) is 0 Å². The summed E-state index contributed by atoms with van der Waals surface area (Å²) in [5.41, 5.74) is -0.602. The molecule has 1 aliphatic heterocycles. The number of carboxylic acid groups (broad SMARTS) is 1. The summed E-state index contributed by atoms with van der Waals surface area (Å²) in [5.74, 6) is -1.58. The minimum absolute atomic E-state index is 0.0499. The molecule has 0 saturated carbocycles. The summed E-state index contributed by atoms with van der Waals surface area (Å²) in [5, 5.41) is 16.8. The predicted octanol–water partition coefficient (Wildman–Crippen LogP) is 0.600. The summed E-state index contributed by atoms with van der Waals surface area (Å²) in [6.45, 7) is 5.39. The highest BCUT2D eigenvalue weighted by atomic mass is 16.4. The number of carboxylic acids is 1. The number of carbonyl (C=O) groups is 3. The lowest BCUT2D eigenvalue weighted by molar-refractivity contribution is -0.139. The van der Waals surface area contributed by atoms with Crippen LogP contribution in [-0.4, -0.2) is 46.2 Å². The molecular formula is C13H21N3O4. The standard InChI is InChI=1S/C13H21N3O4/c1-8(2)13(3,7-11(18)19)14-12(20)9-5-6-10(17)16(4)15-9/h8H,5-7H2,1-4H3,(H,14,20)(H,18,19). The Morgan fingerprint density at radius 2 is 2.05 bits per heavy atom. The Morgan fingerprint density at radius 3 is 2.50 bits per heavy atom. The van der Waals surface area contributed by atoms with Crippen LogP contribution in [0, 0.1) is 5.92 Å². The molecule has 2 N–H and O–H groups in total. The van der Waals surface area contributed by atoms with Gasteiger partial charge in [-0.1, -0.05) is 13.8 Å². The molecule has 0 radical (unpaired) electrons.